The normalized spacial score (nSPS) is 14.0. The molecule has 35 heavy (non-hydrogen) atoms. The molecule has 0 bridgehead atoms. The van der Waals surface area contributed by atoms with Gasteiger partial charge in [-0.25, -0.2) is 4.79 Å². The predicted molar refractivity (Wildman–Crippen MR) is 142 cm³/mol. The monoisotopic (exact) mass is 509 g/mol. The zero-order valence-corrected chi connectivity index (χ0v) is 23.7. The van der Waals surface area contributed by atoms with Gasteiger partial charge in [0.05, 0.1) is 0 Å². The summed E-state index contributed by atoms with van der Waals surface area (Å²) in [5.41, 5.74) is -1.27. The van der Waals surface area contributed by atoms with Crippen molar-refractivity contribution in [2.24, 2.45) is 0 Å². The molecule has 3 N–H and O–H groups in total. The number of phenolic OH excluding ortho intramolecular Hbond substituents is 1. The number of phenols is 1. The third-order valence-electron chi connectivity index (χ3n) is 5.49. The van der Waals surface area contributed by atoms with Gasteiger partial charge in [0.1, 0.15) is 23.4 Å². The van der Waals surface area contributed by atoms with Crippen LogP contribution in [0.4, 0.5) is 4.79 Å². The molecular formula is C26H43N3O5S. The smallest absolute Gasteiger partial charge is 0.408 e. The van der Waals surface area contributed by atoms with Crippen molar-refractivity contribution in [3.8, 4) is 5.75 Å². The molecule has 8 nitrogen and oxygen atoms in total. The average Bonchev–Trinajstić information content (AvgIpc) is 2.69. The molecule has 0 fully saturated rings. The maximum atomic E-state index is 14.0. The van der Waals surface area contributed by atoms with E-state index in [2.05, 4.69) is 23.3 Å². The van der Waals surface area contributed by atoms with E-state index in [1.807, 2.05) is 41.5 Å². The van der Waals surface area contributed by atoms with Gasteiger partial charge in [-0.3, -0.25) is 9.59 Å². The zero-order valence-electron chi connectivity index (χ0n) is 22.8. The number of aryl methyl sites for hydroxylation is 1. The van der Waals surface area contributed by atoms with Crippen molar-refractivity contribution in [2.75, 3.05) is 5.75 Å². The van der Waals surface area contributed by atoms with E-state index in [1.165, 1.54) is 4.90 Å². The maximum Gasteiger partial charge on any atom is 0.408 e. The number of alkyl carbamates (subject to hydrolysis) is 1. The number of carbonyl (C=O) groups is 3. The molecule has 0 heterocycles. The van der Waals surface area contributed by atoms with Crippen LogP contribution >= 0.6 is 12.6 Å². The highest BCUT2D eigenvalue weighted by Gasteiger charge is 2.44. The van der Waals surface area contributed by atoms with Crippen LogP contribution < -0.4 is 10.6 Å². The van der Waals surface area contributed by atoms with Gasteiger partial charge in [-0.2, -0.15) is 12.6 Å². The van der Waals surface area contributed by atoms with Crippen molar-refractivity contribution in [3.63, 3.8) is 0 Å². The van der Waals surface area contributed by atoms with Crippen LogP contribution in [0.1, 0.15) is 85.9 Å². The fourth-order valence-corrected chi connectivity index (χ4v) is 3.73. The Hall–Kier alpha value is -2.42. The van der Waals surface area contributed by atoms with Gasteiger partial charge in [0.25, 0.3) is 0 Å². The van der Waals surface area contributed by atoms with Crippen LogP contribution in [0.2, 0.25) is 0 Å². The molecule has 1 aromatic carbocycles. The number of thiol groups is 1. The maximum absolute atomic E-state index is 14.0. The van der Waals surface area contributed by atoms with E-state index in [-0.39, 0.29) is 11.5 Å². The van der Waals surface area contributed by atoms with E-state index in [9.17, 15) is 19.5 Å². The molecule has 1 rings (SSSR count). The molecule has 0 aliphatic carbocycles. The van der Waals surface area contributed by atoms with Crippen molar-refractivity contribution >= 4 is 30.5 Å². The minimum atomic E-state index is -1.15. The van der Waals surface area contributed by atoms with Crippen LogP contribution in [0, 0.1) is 6.92 Å². The lowest BCUT2D eigenvalue weighted by Gasteiger charge is -2.45. The van der Waals surface area contributed by atoms with Crippen molar-refractivity contribution in [2.45, 2.75) is 104 Å². The Morgan fingerprint density at radius 3 is 2.11 bits per heavy atom. The van der Waals surface area contributed by atoms with E-state index in [1.54, 1.807) is 45.9 Å². The molecule has 0 saturated heterocycles. The lowest BCUT2D eigenvalue weighted by Crippen LogP contribution is -2.60. The van der Waals surface area contributed by atoms with E-state index in [0.29, 0.717) is 17.5 Å². The van der Waals surface area contributed by atoms with Gasteiger partial charge in [-0.05, 0) is 74.3 Å². The average molecular weight is 510 g/mol. The van der Waals surface area contributed by atoms with Gasteiger partial charge < -0.3 is 25.4 Å². The standard InChI is InChI=1S/C26H43N3O5S/c1-11-26(9,10)29(22(32)18(15-35)27-23(33)34-25(6,7)8)19(21(31)28-24(3,4)5)17-14-12-13-16(2)20(17)30/h12-14,18-19,30,35H,11,15H2,1-10H3,(H,27,33)(H,28,31). The second-order valence-corrected chi connectivity index (χ2v) is 11.8. The molecule has 2 unspecified atom stereocenters. The number of rotatable bonds is 8. The molecule has 0 aliphatic rings. The largest absolute Gasteiger partial charge is 0.507 e. The Morgan fingerprint density at radius 1 is 1.09 bits per heavy atom. The number of hydrogen-bond acceptors (Lipinski definition) is 6. The van der Waals surface area contributed by atoms with Crippen molar-refractivity contribution < 1.29 is 24.2 Å². The number of benzene rings is 1. The van der Waals surface area contributed by atoms with Gasteiger partial charge >= 0.3 is 6.09 Å². The molecule has 3 amide bonds. The summed E-state index contributed by atoms with van der Waals surface area (Å²) in [5, 5.41) is 16.5. The molecule has 9 heteroatoms. The van der Waals surface area contributed by atoms with Crippen LogP contribution in [0.5, 0.6) is 5.75 Å². The van der Waals surface area contributed by atoms with Crippen LogP contribution in [0.25, 0.3) is 0 Å². The van der Waals surface area contributed by atoms with E-state index < -0.39 is 46.7 Å². The molecule has 0 aliphatic heterocycles. The zero-order chi connectivity index (χ0) is 27.4. The summed E-state index contributed by atoms with van der Waals surface area (Å²) in [6.07, 6.45) is -0.246. The fourth-order valence-electron chi connectivity index (χ4n) is 3.49. The summed E-state index contributed by atoms with van der Waals surface area (Å²) in [6.45, 7) is 18.0. The summed E-state index contributed by atoms with van der Waals surface area (Å²) in [5.74, 6) is -1.02. The van der Waals surface area contributed by atoms with Gasteiger partial charge in [-0.15, -0.1) is 0 Å². The molecule has 0 saturated carbocycles. The lowest BCUT2D eigenvalue weighted by atomic mass is 9.90. The lowest BCUT2D eigenvalue weighted by molar-refractivity contribution is -0.149. The fraction of sp³-hybridized carbons (Fsp3) is 0.654. The highest BCUT2D eigenvalue weighted by atomic mass is 32.1. The number of para-hydroxylation sites is 1. The first-order valence-corrected chi connectivity index (χ1v) is 12.5. The quantitative estimate of drug-likeness (QED) is 0.386. The van der Waals surface area contributed by atoms with Crippen LogP contribution in [0.3, 0.4) is 0 Å². The van der Waals surface area contributed by atoms with Gasteiger partial charge in [0.15, 0.2) is 0 Å². The highest BCUT2D eigenvalue weighted by Crippen LogP contribution is 2.37. The van der Waals surface area contributed by atoms with E-state index in [0.717, 1.165) is 0 Å². The van der Waals surface area contributed by atoms with Crippen LogP contribution in [-0.2, 0) is 14.3 Å². The van der Waals surface area contributed by atoms with Gasteiger partial charge in [0.2, 0.25) is 11.8 Å². The van der Waals surface area contributed by atoms with Crippen molar-refractivity contribution in [1.82, 2.24) is 15.5 Å². The Balaban J connectivity index is 3.67. The van der Waals surface area contributed by atoms with Gasteiger partial charge in [0, 0.05) is 22.4 Å². The number of ether oxygens (including phenoxy) is 1. The first-order valence-electron chi connectivity index (χ1n) is 11.9. The molecule has 0 radical (unpaired) electrons. The van der Waals surface area contributed by atoms with Crippen LogP contribution in [0.15, 0.2) is 18.2 Å². The number of amides is 3. The second-order valence-electron chi connectivity index (χ2n) is 11.4. The minimum absolute atomic E-state index is 0.0121. The summed E-state index contributed by atoms with van der Waals surface area (Å²) >= 11 is 4.31. The summed E-state index contributed by atoms with van der Waals surface area (Å²) < 4.78 is 5.33. The number of nitrogens with zero attached hydrogens (tertiary/aromatic N) is 1. The molecule has 0 spiro atoms. The predicted octanol–water partition coefficient (Wildman–Crippen LogP) is 4.50. The summed E-state index contributed by atoms with van der Waals surface area (Å²) in [7, 11) is 0. The molecule has 1 aromatic rings. The topological polar surface area (TPSA) is 108 Å². The highest BCUT2D eigenvalue weighted by molar-refractivity contribution is 7.80. The summed E-state index contributed by atoms with van der Waals surface area (Å²) in [6, 6.07) is 2.89. The first-order chi connectivity index (χ1) is 15.8. The molecule has 198 valence electrons. The Bertz CT molecular complexity index is 919. The molecule has 0 aromatic heterocycles. The number of aromatic hydroxyl groups is 1. The number of hydrogen-bond donors (Lipinski definition) is 4. The molecule has 2 atom stereocenters. The third-order valence-corrected chi connectivity index (χ3v) is 5.86. The first kappa shape index (κ1) is 30.6. The number of carbonyl (C=O) groups excluding carboxylic acids is 3. The third kappa shape index (κ3) is 8.63. The minimum Gasteiger partial charge on any atom is -0.507 e. The Kier molecular flexibility index (Phi) is 10.1. The Labute approximate surface area is 215 Å². The van der Waals surface area contributed by atoms with Crippen molar-refractivity contribution in [1.29, 1.82) is 0 Å². The number of nitrogens with one attached hydrogen (secondary N) is 2. The van der Waals surface area contributed by atoms with E-state index >= 15 is 0 Å². The summed E-state index contributed by atoms with van der Waals surface area (Å²) in [4.78, 5) is 41.6. The second kappa shape index (κ2) is 11.5. The molecular weight excluding hydrogens is 466 g/mol. The van der Waals surface area contributed by atoms with Crippen molar-refractivity contribution in [3.05, 3.63) is 29.3 Å². The SMILES string of the molecule is CCC(C)(C)N(C(=O)C(CS)NC(=O)OC(C)(C)C)C(C(=O)NC(C)(C)C)c1cccc(C)c1O. The van der Waals surface area contributed by atoms with E-state index in [4.69, 9.17) is 4.74 Å². The van der Waals surface area contributed by atoms with Gasteiger partial charge in [-0.1, -0.05) is 25.1 Å². The van der Waals surface area contributed by atoms with Crippen LogP contribution in [-0.4, -0.2) is 56.4 Å². The Morgan fingerprint density at radius 2 is 1.66 bits per heavy atom.